The summed E-state index contributed by atoms with van der Waals surface area (Å²) in [4.78, 5) is 4.79. The van der Waals surface area contributed by atoms with Crippen molar-refractivity contribution < 1.29 is 13.7 Å². The summed E-state index contributed by atoms with van der Waals surface area (Å²) in [5.74, 6) is -0.177. The van der Waals surface area contributed by atoms with Crippen LogP contribution in [0.15, 0.2) is 18.2 Å². The molecule has 26 heavy (non-hydrogen) atoms. The van der Waals surface area contributed by atoms with Crippen LogP contribution in [0.2, 0.25) is 0 Å². The average molecular weight is 362 g/mol. The second kappa shape index (κ2) is 7.23. The summed E-state index contributed by atoms with van der Waals surface area (Å²) >= 11 is 0. The highest BCUT2D eigenvalue weighted by Gasteiger charge is 2.51. The van der Waals surface area contributed by atoms with Gasteiger partial charge < -0.3 is 9.31 Å². The van der Waals surface area contributed by atoms with E-state index in [-0.39, 0.29) is 5.82 Å². The summed E-state index contributed by atoms with van der Waals surface area (Å²) in [6.07, 6.45) is 0. The van der Waals surface area contributed by atoms with E-state index < -0.39 is 18.3 Å². The molecular formula is C20H32BFN2O2. The van der Waals surface area contributed by atoms with Gasteiger partial charge in [-0.05, 0) is 53.1 Å². The zero-order valence-corrected chi connectivity index (χ0v) is 17.0. The Labute approximate surface area is 157 Å². The Hall–Kier alpha value is -0.945. The molecule has 2 heterocycles. The van der Waals surface area contributed by atoms with Gasteiger partial charge in [-0.2, -0.15) is 0 Å². The first-order chi connectivity index (χ1) is 12.1. The maximum absolute atomic E-state index is 14.7. The third-order valence-electron chi connectivity index (χ3n) is 6.13. The Morgan fingerprint density at radius 3 is 2.12 bits per heavy atom. The highest BCUT2D eigenvalue weighted by atomic mass is 19.1. The Balaban J connectivity index is 1.64. The number of halogens is 1. The minimum Gasteiger partial charge on any atom is -0.399 e. The molecular weight excluding hydrogens is 330 g/mol. The number of benzene rings is 1. The van der Waals surface area contributed by atoms with Crippen LogP contribution in [0.25, 0.3) is 0 Å². The largest absolute Gasteiger partial charge is 0.494 e. The molecule has 0 bridgehead atoms. The molecule has 0 aliphatic carbocycles. The first kappa shape index (κ1) is 19.8. The standard InChI is InChI=1S/C20H32BFN2O2/c1-15(2)24-11-9-23(10-12-24)14-16-7-8-17(13-18(16)22)21-25-19(3,4)20(5,6)26-21/h7-8,13,15H,9-12,14H2,1-6H3. The molecule has 1 aromatic carbocycles. The van der Waals surface area contributed by atoms with Crippen LogP contribution in [0, 0.1) is 5.82 Å². The van der Waals surface area contributed by atoms with Gasteiger partial charge in [0, 0.05) is 44.3 Å². The smallest absolute Gasteiger partial charge is 0.399 e. The van der Waals surface area contributed by atoms with Crippen molar-refractivity contribution >= 4 is 12.6 Å². The fourth-order valence-electron chi connectivity index (χ4n) is 3.50. The number of rotatable bonds is 4. The summed E-state index contributed by atoms with van der Waals surface area (Å²) in [6.45, 7) is 17.2. The molecule has 144 valence electrons. The lowest BCUT2D eigenvalue weighted by molar-refractivity contribution is 0.00578. The van der Waals surface area contributed by atoms with Crippen LogP contribution in [-0.4, -0.2) is 60.3 Å². The van der Waals surface area contributed by atoms with E-state index in [0.717, 1.165) is 37.2 Å². The highest BCUT2D eigenvalue weighted by Crippen LogP contribution is 2.36. The van der Waals surface area contributed by atoms with Gasteiger partial charge in [-0.3, -0.25) is 9.80 Å². The summed E-state index contributed by atoms with van der Waals surface area (Å²) in [7, 11) is -0.516. The fraction of sp³-hybridized carbons (Fsp3) is 0.700. The maximum atomic E-state index is 14.7. The van der Waals surface area contributed by atoms with Crippen LogP contribution in [0.4, 0.5) is 4.39 Å². The quantitative estimate of drug-likeness (QED) is 0.769. The van der Waals surface area contributed by atoms with E-state index in [1.165, 1.54) is 0 Å². The van der Waals surface area contributed by atoms with Gasteiger partial charge in [0.2, 0.25) is 0 Å². The highest BCUT2D eigenvalue weighted by molar-refractivity contribution is 6.62. The molecule has 0 saturated carbocycles. The van der Waals surface area contributed by atoms with Crippen molar-refractivity contribution in [3.8, 4) is 0 Å². The summed E-state index contributed by atoms with van der Waals surface area (Å²) < 4.78 is 26.7. The van der Waals surface area contributed by atoms with E-state index in [4.69, 9.17) is 9.31 Å². The van der Waals surface area contributed by atoms with Crippen LogP contribution in [0.5, 0.6) is 0 Å². The Morgan fingerprint density at radius 2 is 1.62 bits per heavy atom. The number of piperazine rings is 1. The average Bonchev–Trinajstić information content (AvgIpc) is 2.78. The molecule has 3 rings (SSSR count). The lowest BCUT2D eigenvalue weighted by Crippen LogP contribution is -2.48. The normalized spacial score (nSPS) is 23.8. The van der Waals surface area contributed by atoms with Crippen molar-refractivity contribution in [3.05, 3.63) is 29.6 Å². The number of hydrogen-bond acceptors (Lipinski definition) is 4. The van der Waals surface area contributed by atoms with Crippen LogP contribution < -0.4 is 5.46 Å². The van der Waals surface area contributed by atoms with Crippen molar-refractivity contribution in [2.75, 3.05) is 26.2 Å². The van der Waals surface area contributed by atoms with E-state index in [1.807, 2.05) is 39.8 Å². The first-order valence-electron chi connectivity index (χ1n) is 9.69. The van der Waals surface area contributed by atoms with E-state index in [1.54, 1.807) is 6.07 Å². The van der Waals surface area contributed by atoms with Crippen molar-refractivity contribution in [3.63, 3.8) is 0 Å². The van der Waals surface area contributed by atoms with Crippen molar-refractivity contribution in [2.24, 2.45) is 0 Å². The van der Waals surface area contributed by atoms with Gasteiger partial charge in [-0.15, -0.1) is 0 Å². The van der Waals surface area contributed by atoms with Crippen molar-refractivity contribution in [1.29, 1.82) is 0 Å². The predicted molar refractivity (Wildman–Crippen MR) is 104 cm³/mol. The molecule has 0 aromatic heterocycles. The van der Waals surface area contributed by atoms with E-state index in [0.29, 0.717) is 12.6 Å². The van der Waals surface area contributed by atoms with Gasteiger partial charge in [0.1, 0.15) is 5.82 Å². The SMILES string of the molecule is CC(C)N1CCN(Cc2ccc(B3OC(C)(C)C(C)(C)O3)cc2F)CC1. The Morgan fingerprint density at radius 1 is 1.04 bits per heavy atom. The lowest BCUT2D eigenvalue weighted by atomic mass is 9.78. The molecule has 6 heteroatoms. The monoisotopic (exact) mass is 362 g/mol. The minimum absolute atomic E-state index is 0.177. The topological polar surface area (TPSA) is 24.9 Å². The van der Waals surface area contributed by atoms with Gasteiger partial charge in [0.25, 0.3) is 0 Å². The number of hydrogen-bond donors (Lipinski definition) is 0. The van der Waals surface area contributed by atoms with Crippen molar-refractivity contribution in [2.45, 2.75) is 65.3 Å². The second-order valence-electron chi connectivity index (χ2n) is 8.84. The molecule has 2 aliphatic heterocycles. The molecule has 1 aromatic rings. The molecule has 2 fully saturated rings. The van der Waals surface area contributed by atoms with Gasteiger partial charge >= 0.3 is 7.12 Å². The van der Waals surface area contributed by atoms with Gasteiger partial charge in [0.15, 0.2) is 0 Å². The van der Waals surface area contributed by atoms with Crippen LogP contribution in [0.3, 0.4) is 0 Å². The predicted octanol–water partition coefficient (Wildman–Crippen LogP) is 2.65. The first-order valence-corrected chi connectivity index (χ1v) is 9.69. The molecule has 0 N–H and O–H groups in total. The van der Waals surface area contributed by atoms with Crippen LogP contribution >= 0.6 is 0 Å². The molecule has 4 nitrogen and oxygen atoms in total. The van der Waals surface area contributed by atoms with E-state index in [9.17, 15) is 4.39 Å². The Kier molecular flexibility index (Phi) is 5.51. The fourth-order valence-corrected chi connectivity index (χ4v) is 3.50. The second-order valence-corrected chi connectivity index (χ2v) is 8.84. The maximum Gasteiger partial charge on any atom is 0.494 e. The third kappa shape index (κ3) is 3.98. The van der Waals surface area contributed by atoms with Crippen LogP contribution in [0.1, 0.15) is 47.1 Å². The molecule has 0 radical (unpaired) electrons. The lowest BCUT2D eigenvalue weighted by Gasteiger charge is -2.37. The minimum atomic E-state index is -0.516. The molecule has 0 atom stereocenters. The molecule has 0 spiro atoms. The molecule has 2 aliphatic rings. The van der Waals surface area contributed by atoms with E-state index in [2.05, 4.69) is 23.6 Å². The molecule has 2 saturated heterocycles. The Bertz CT molecular complexity index is 627. The molecule has 0 amide bonds. The van der Waals surface area contributed by atoms with Gasteiger partial charge in [-0.1, -0.05) is 12.1 Å². The van der Waals surface area contributed by atoms with E-state index >= 15 is 0 Å². The number of nitrogens with zero attached hydrogens (tertiary/aromatic N) is 2. The molecule has 0 unspecified atom stereocenters. The van der Waals surface area contributed by atoms with Gasteiger partial charge in [0.05, 0.1) is 11.2 Å². The summed E-state index contributed by atoms with van der Waals surface area (Å²) in [5.41, 5.74) is 0.656. The zero-order valence-electron chi connectivity index (χ0n) is 17.0. The summed E-state index contributed by atoms with van der Waals surface area (Å²) in [6, 6.07) is 5.96. The summed E-state index contributed by atoms with van der Waals surface area (Å²) in [5, 5.41) is 0. The van der Waals surface area contributed by atoms with Crippen LogP contribution in [-0.2, 0) is 15.9 Å². The van der Waals surface area contributed by atoms with Gasteiger partial charge in [-0.25, -0.2) is 4.39 Å². The third-order valence-corrected chi connectivity index (χ3v) is 6.13. The zero-order chi connectivity index (χ0) is 19.1. The van der Waals surface area contributed by atoms with Crippen molar-refractivity contribution in [1.82, 2.24) is 9.80 Å².